The molecule has 1 aliphatic carbocycles. The van der Waals surface area contributed by atoms with Crippen LogP contribution in [-0.4, -0.2) is 12.1 Å². The summed E-state index contributed by atoms with van der Waals surface area (Å²) in [4.78, 5) is 11.9. The van der Waals surface area contributed by atoms with Crippen molar-refractivity contribution in [2.45, 2.75) is 31.8 Å². The molecule has 1 fully saturated rings. The Morgan fingerprint density at radius 3 is 2.71 bits per heavy atom. The van der Waals surface area contributed by atoms with Gasteiger partial charge in [-0.25, -0.2) is 9.18 Å². The fraction of sp³-hybridized carbons (Fsp3) is 0.417. The van der Waals surface area contributed by atoms with Crippen LogP contribution in [0, 0.1) is 5.82 Å². The molecule has 2 N–H and O–H groups in total. The lowest BCUT2D eigenvalue weighted by Crippen LogP contribution is -2.15. The lowest BCUT2D eigenvalue weighted by molar-refractivity contribution is 0.0317. The van der Waals surface area contributed by atoms with E-state index in [1.165, 1.54) is 12.1 Å². The van der Waals surface area contributed by atoms with Crippen LogP contribution in [0.5, 0.6) is 0 Å². The summed E-state index contributed by atoms with van der Waals surface area (Å²) in [5.41, 5.74) is 5.66. The van der Waals surface area contributed by atoms with E-state index in [1.54, 1.807) is 0 Å². The zero-order chi connectivity index (χ0) is 12.4. The maximum atomic E-state index is 13.1. The summed E-state index contributed by atoms with van der Waals surface area (Å²) < 4.78 is 18.8. The summed E-state index contributed by atoms with van der Waals surface area (Å²) in [6, 6.07) is 2.48. The third kappa shape index (κ3) is 2.77. The minimum atomic E-state index is -0.547. The van der Waals surface area contributed by atoms with Gasteiger partial charge in [0.1, 0.15) is 11.9 Å². The van der Waals surface area contributed by atoms with Crippen molar-refractivity contribution in [3.8, 4) is 0 Å². The molecule has 0 atom stereocenters. The number of ether oxygens (including phenoxy) is 1. The zero-order valence-corrected chi connectivity index (χ0v) is 10.8. The van der Waals surface area contributed by atoms with Crippen molar-refractivity contribution in [3.63, 3.8) is 0 Å². The van der Waals surface area contributed by atoms with Gasteiger partial charge in [0.15, 0.2) is 0 Å². The molecule has 2 rings (SSSR count). The Kier molecular flexibility index (Phi) is 3.66. The lowest BCUT2D eigenvalue weighted by atomic mass is 10.2. The Morgan fingerprint density at radius 1 is 1.41 bits per heavy atom. The Balaban J connectivity index is 2.15. The number of carbonyl (C=O) groups is 1. The van der Waals surface area contributed by atoms with Gasteiger partial charge in [0.2, 0.25) is 0 Å². The third-order valence-electron chi connectivity index (χ3n) is 2.88. The maximum absolute atomic E-state index is 13.1. The molecular weight excluding hydrogens is 289 g/mol. The summed E-state index contributed by atoms with van der Waals surface area (Å²) >= 11 is 3.13. The minimum absolute atomic E-state index is 0.0133. The number of esters is 1. The number of rotatable bonds is 2. The quantitative estimate of drug-likeness (QED) is 0.674. The lowest BCUT2D eigenvalue weighted by Gasteiger charge is -2.12. The van der Waals surface area contributed by atoms with Crippen molar-refractivity contribution in [2.75, 3.05) is 5.73 Å². The van der Waals surface area contributed by atoms with E-state index in [1.807, 2.05) is 0 Å². The molecule has 1 aromatic rings. The van der Waals surface area contributed by atoms with E-state index >= 15 is 0 Å². The second-order valence-electron chi connectivity index (χ2n) is 4.17. The average molecular weight is 302 g/mol. The molecule has 1 saturated carbocycles. The number of nitrogens with two attached hydrogens (primary N) is 1. The smallest absolute Gasteiger partial charge is 0.339 e. The molecule has 0 aliphatic heterocycles. The average Bonchev–Trinajstić information content (AvgIpc) is 2.76. The van der Waals surface area contributed by atoms with Crippen LogP contribution in [0.25, 0.3) is 0 Å². The molecule has 1 aromatic carbocycles. The Hall–Kier alpha value is -1.10. The summed E-state index contributed by atoms with van der Waals surface area (Å²) in [7, 11) is 0. The van der Waals surface area contributed by atoms with Crippen LogP contribution in [-0.2, 0) is 4.74 Å². The van der Waals surface area contributed by atoms with Crippen LogP contribution >= 0.6 is 15.9 Å². The van der Waals surface area contributed by atoms with Crippen molar-refractivity contribution in [1.82, 2.24) is 0 Å². The largest absolute Gasteiger partial charge is 0.459 e. The van der Waals surface area contributed by atoms with E-state index in [4.69, 9.17) is 10.5 Å². The molecule has 0 amide bonds. The van der Waals surface area contributed by atoms with Crippen LogP contribution in [0.2, 0.25) is 0 Å². The number of halogens is 2. The van der Waals surface area contributed by atoms with E-state index in [2.05, 4.69) is 15.9 Å². The van der Waals surface area contributed by atoms with Gasteiger partial charge in [-0.3, -0.25) is 0 Å². The first-order valence-corrected chi connectivity index (χ1v) is 6.32. The van der Waals surface area contributed by atoms with E-state index < -0.39 is 11.8 Å². The predicted octanol–water partition coefficient (Wildman–Crippen LogP) is 3.27. The highest BCUT2D eigenvalue weighted by molar-refractivity contribution is 9.10. The molecule has 3 nitrogen and oxygen atoms in total. The fourth-order valence-corrected chi connectivity index (χ4v) is 2.42. The van der Waals surface area contributed by atoms with Gasteiger partial charge in [-0.2, -0.15) is 0 Å². The summed E-state index contributed by atoms with van der Waals surface area (Å²) in [6.45, 7) is 0. The van der Waals surface area contributed by atoms with Crippen LogP contribution in [0.3, 0.4) is 0 Å². The summed E-state index contributed by atoms with van der Waals surface area (Å²) in [5, 5.41) is 0. The van der Waals surface area contributed by atoms with Crippen molar-refractivity contribution in [2.24, 2.45) is 0 Å². The topological polar surface area (TPSA) is 52.3 Å². The Morgan fingerprint density at radius 2 is 2.06 bits per heavy atom. The van der Waals surface area contributed by atoms with E-state index in [0.717, 1.165) is 25.7 Å². The molecule has 0 heterocycles. The number of carbonyl (C=O) groups excluding carboxylic acids is 1. The van der Waals surface area contributed by atoms with Crippen molar-refractivity contribution in [1.29, 1.82) is 0 Å². The van der Waals surface area contributed by atoms with Gasteiger partial charge in [0.05, 0.1) is 11.3 Å². The second kappa shape index (κ2) is 5.04. The van der Waals surface area contributed by atoms with E-state index in [0.29, 0.717) is 4.47 Å². The van der Waals surface area contributed by atoms with E-state index in [-0.39, 0.29) is 17.4 Å². The first-order chi connectivity index (χ1) is 8.08. The molecule has 92 valence electrons. The molecule has 0 saturated heterocycles. The summed E-state index contributed by atoms with van der Waals surface area (Å²) in [6.07, 6.45) is 3.97. The van der Waals surface area contributed by atoms with Crippen molar-refractivity contribution >= 4 is 27.6 Å². The molecule has 0 radical (unpaired) electrons. The van der Waals surface area contributed by atoms with E-state index in [9.17, 15) is 9.18 Å². The number of hydrogen-bond donors (Lipinski definition) is 1. The van der Waals surface area contributed by atoms with Gasteiger partial charge in [0, 0.05) is 4.47 Å². The third-order valence-corrected chi connectivity index (χ3v) is 3.54. The van der Waals surface area contributed by atoms with Gasteiger partial charge < -0.3 is 10.5 Å². The standard InChI is InChI=1S/C12H13BrFNO2/c13-9-6-10(14)11(15)5-8(9)12(16)17-7-3-1-2-4-7/h5-7H,1-4,15H2. The molecular formula is C12H13BrFNO2. The van der Waals surface area contributed by atoms with Gasteiger partial charge in [0.25, 0.3) is 0 Å². The van der Waals surface area contributed by atoms with Crippen molar-refractivity contribution in [3.05, 3.63) is 28.0 Å². The number of anilines is 1. The van der Waals surface area contributed by atoms with Crippen molar-refractivity contribution < 1.29 is 13.9 Å². The van der Waals surface area contributed by atoms with Gasteiger partial charge in [-0.05, 0) is 53.7 Å². The summed E-state index contributed by atoms with van der Waals surface area (Å²) in [5.74, 6) is -0.996. The molecule has 5 heteroatoms. The first-order valence-electron chi connectivity index (χ1n) is 5.53. The molecule has 0 spiro atoms. The fourth-order valence-electron chi connectivity index (χ4n) is 1.94. The highest BCUT2D eigenvalue weighted by atomic mass is 79.9. The zero-order valence-electron chi connectivity index (χ0n) is 9.21. The van der Waals surface area contributed by atoms with Crippen LogP contribution in [0.4, 0.5) is 10.1 Å². The SMILES string of the molecule is Nc1cc(C(=O)OC2CCCC2)c(Br)cc1F. The molecule has 0 aromatic heterocycles. The maximum Gasteiger partial charge on any atom is 0.339 e. The predicted molar refractivity (Wildman–Crippen MR) is 66.2 cm³/mol. The van der Waals surface area contributed by atoms with Crippen LogP contribution in [0.1, 0.15) is 36.0 Å². The van der Waals surface area contributed by atoms with Gasteiger partial charge in [-0.1, -0.05) is 0 Å². The minimum Gasteiger partial charge on any atom is -0.459 e. The molecule has 0 bridgehead atoms. The molecule has 1 aliphatic rings. The highest BCUT2D eigenvalue weighted by Gasteiger charge is 2.22. The van der Waals surface area contributed by atoms with Gasteiger partial charge in [-0.15, -0.1) is 0 Å². The van der Waals surface area contributed by atoms with Crippen LogP contribution in [0.15, 0.2) is 16.6 Å². The molecule has 0 unspecified atom stereocenters. The normalized spacial score (nSPS) is 16.1. The first kappa shape index (κ1) is 12.4. The second-order valence-corrected chi connectivity index (χ2v) is 5.02. The Bertz CT molecular complexity index is 444. The number of hydrogen-bond acceptors (Lipinski definition) is 3. The Labute approximate surface area is 107 Å². The molecule has 17 heavy (non-hydrogen) atoms. The van der Waals surface area contributed by atoms with Gasteiger partial charge >= 0.3 is 5.97 Å². The number of nitrogen functional groups attached to an aromatic ring is 1. The van der Waals surface area contributed by atoms with Crippen LogP contribution < -0.4 is 5.73 Å². The number of benzene rings is 1. The monoisotopic (exact) mass is 301 g/mol. The highest BCUT2D eigenvalue weighted by Crippen LogP contribution is 2.26.